The van der Waals surface area contributed by atoms with E-state index in [1.807, 2.05) is 22.0 Å². The first kappa shape index (κ1) is 15.0. The van der Waals surface area contributed by atoms with Gasteiger partial charge in [-0.2, -0.15) is 5.10 Å². The second-order valence-corrected chi connectivity index (χ2v) is 5.57. The summed E-state index contributed by atoms with van der Waals surface area (Å²) in [6.45, 7) is 5.81. The Labute approximate surface area is 119 Å². The molecule has 20 heavy (non-hydrogen) atoms. The molecule has 1 amide bonds. The Morgan fingerprint density at radius 1 is 1.55 bits per heavy atom. The van der Waals surface area contributed by atoms with Crippen LogP contribution in [0.5, 0.6) is 0 Å². The minimum atomic E-state index is 0.0233. The third kappa shape index (κ3) is 2.86. The minimum Gasteiger partial charge on any atom is -0.383 e. The summed E-state index contributed by atoms with van der Waals surface area (Å²) in [6.07, 6.45) is 4.39. The van der Waals surface area contributed by atoms with E-state index in [0.717, 1.165) is 5.56 Å². The van der Waals surface area contributed by atoms with Crippen molar-refractivity contribution in [3.8, 4) is 0 Å². The molecule has 0 saturated carbocycles. The lowest BCUT2D eigenvalue weighted by atomic mass is 9.96. The Balaban J connectivity index is 2.24. The van der Waals surface area contributed by atoms with Crippen molar-refractivity contribution in [2.75, 3.05) is 26.8 Å². The summed E-state index contributed by atoms with van der Waals surface area (Å²) < 4.78 is 7.02. The van der Waals surface area contributed by atoms with Crippen LogP contribution >= 0.6 is 0 Å². The Kier molecular flexibility index (Phi) is 4.77. The van der Waals surface area contributed by atoms with Crippen LogP contribution in [0.4, 0.5) is 0 Å². The highest BCUT2D eigenvalue weighted by Crippen LogP contribution is 2.37. The summed E-state index contributed by atoms with van der Waals surface area (Å²) in [5, 5.41) is 4.38. The van der Waals surface area contributed by atoms with Crippen LogP contribution in [0, 0.1) is 5.92 Å². The van der Waals surface area contributed by atoms with E-state index in [4.69, 9.17) is 10.5 Å². The van der Waals surface area contributed by atoms with E-state index in [0.29, 0.717) is 32.2 Å². The molecule has 1 aromatic heterocycles. The van der Waals surface area contributed by atoms with E-state index in [2.05, 4.69) is 18.9 Å². The normalized spacial score (nSPS) is 23.1. The highest BCUT2D eigenvalue weighted by Gasteiger charge is 2.40. The number of nitrogens with zero attached hydrogens (tertiary/aromatic N) is 3. The van der Waals surface area contributed by atoms with E-state index in [-0.39, 0.29) is 17.9 Å². The third-order valence-electron chi connectivity index (χ3n) is 3.87. The van der Waals surface area contributed by atoms with Gasteiger partial charge in [-0.1, -0.05) is 0 Å². The lowest BCUT2D eigenvalue weighted by Gasteiger charge is -2.26. The van der Waals surface area contributed by atoms with Crippen molar-refractivity contribution in [3.05, 3.63) is 18.0 Å². The van der Waals surface area contributed by atoms with Crippen LogP contribution in [-0.2, 0) is 9.53 Å². The summed E-state index contributed by atoms with van der Waals surface area (Å²) >= 11 is 0. The average Bonchev–Trinajstić information content (AvgIpc) is 3.00. The molecule has 1 saturated heterocycles. The zero-order valence-corrected chi connectivity index (χ0v) is 12.5. The van der Waals surface area contributed by atoms with Crippen LogP contribution in [0.3, 0.4) is 0 Å². The molecule has 2 rings (SSSR count). The van der Waals surface area contributed by atoms with Crippen molar-refractivity contribution in [1.82, 2.24) is 14.7 Å². The molecule has 0 aliphatic carbocycles. The zero-order chi connectivity index (χ0) is 14.7. The maximum absolute atomic E-state index is 12.2. The number of methoxy groups -OCH3 is 1. The smallest absolute Gasteiger partial charge is 0.223 e. The van der Waals surface area contributed by atoms with Gasteiger partial charge in [0.15, 0.2) is 0 Å². The van der Waals surface area contributed by atoms with Gasteiger partial charge in [0.25, 0.3) is 0 Å². The molecule has 2 atom stereocenters. The van der Waals surface area contributed by atoms with E-state index in [9.17, 15) is 4.79 Å². The first-order valence-corrected chi connectivity index (χ1v) is 7.11. The van der Waals surface area contributed by atoms with E-state index >= 15 is 0 Å². The Hall–Kier alpha value is -1.40. The molecule has 1 aliphatic heterocycles. The lowest BCUT2D eigenvalue weighted by molar-refractivity contribution is -0.129. The van der Waals surface area contributed by atoms with Gasteiger partial charge in [-0.05, 0) is 20.4 Å². The number of hydrogen-bond acceptors (Lipinski definition) is 4. The van der Waals surface area contributed by atoms with Crippen LogP contribution in [0.25, 0.3) is 0 Å². The van der Waals surface area contributed by atoms with Crippen LogP contribution in [0.1, 0.15) is 37.9 Å². The number of nitrogens with two attached hydrogens (primary N) is 1. The maximum Gasteiger partial charge on any atom is 0.223 e. The average molecular weight is 280 g/mol. The standard InChI is InChI=1S/C14H24N4O2/c1-10(2)18-9-12(8-16-18)14-11(7-15)6-13(19)17(14)4-5-20-3/h8-11,14H,4-7,15H2,1-3H3/t11-,14-/m0/s1. The van der Waals surface area contributed by atoms with Crippen molar-refractivity contribution in [3.63, 3.8) is 0 Å². The van der Waals surface area contributed by atoms with Gasteiger partial charge in [-0.15, -0.1) is 0 Å². The quantitative estimate of drug-likeness (QED) is 0.842. The maximum atomic E-state index is 12.2. The molecule has 2 N–H and O–H groups in total. The molecule has 112 valence electrons. The monoisotopic (exact) mass is 280 g/mol. The Morgan fingerprint density at radius 2 is 2.30 bits per heavy atom. The topological polar surface area (TPSA) is 73.4 Å². The zero-order valence-electron chi connectivity index (χ0n) is 12.5. The Morgan fingerprint density at radius 3 is 2.85 bits per heavy atom. The molecule has 2 heterocycles. The van der Waals surface area contributed by atoms with E-state index < -0.39 is 0 Å². The molecule has 1 aliphatic rings. The fourth-order valence-corrected chi connectivity index (χ4v) is 2.77. The number of rotatable bonds is 6. The largest absolute Gasteiger partial charge is 0.383 e. The first-order valence-electron chi connectivity index (χ1n) is 7.11. The van der Waals surface area contributed by atoms with Crippen LogP contribution in [0.2, 0.25) is 0 Å². The molecule has 0 spiro atoms. The SMILES string of the molecule is COCCN1C(=O)C[C@@H](CN)[C@H]1c1cnn(C(C)C)c1. The van der Waals surface area contributed by atoms with Gasteiger partial charge >= 0.3 is 0 Å². The van der Waals surface area contributed by atoms with Crippen molar-refractivity contribution < 1.29 is 9.53 Å². The number of carbonyl (C=O) groups is 1. The molecule has 0 aromatic carbocycles. The second-order valence-electron chi connectivity index (χ2n) is 5.57. The molecule has 6 nitrogen and oxygen atoms in total. The number of amides is 1. The summed E-state index contributed by atoms with van der Waals surface area (Å²) in [5.74, 6) is 0.309. The lowest BCUT2D eigenvalue weighted by Crippen LogP contribution is -2.33. The Bertz CT molecular complexity index is 458. The molecular formula is C14H24N4O2. The number of ether oxygens (including phenoxy) is 1. The molecule has 0 bridgehead atoms. The fraction of sp³-hybridized carbons (Fsp3) is 0.714. The summed E-state index contributed by atoms with van der Waals surface area (Å²) in [6, 6.07) is 0.333. The van der Waals surface area contributed by atoms with Gasteiger partial charge in [0.05, 0.1) is 18.8 Å². The second kappa shape index (κ2) is 6.37. The van der Waals surface area contributed by atoms with Gasteiger partial charge in [-0.25, -0.2) is 0 Å². The third-order valence-corrected chi connectivity index (χ3v) is 3.87. The first-order chi connectivity index (χ1) is 9.58. The molecule has 6 heteroatoms. The van der Waals surface area contributed by atoms with Gasteiger partial charge < -0.3 is 15.4 Å². The van der Waals surface area contributed by atoms with Crippen LogP contribution in [0.15, 0.2) is 12.4 Å². The molecule has 0 unspecified atom stereocenters. The van der Waals surface area contributed by atoms with Crippen LogP contribution < -0.4 is 5.73 Å². The highest BCUT2D eigenvalue weighted by atomic mass is 16.5. The summed E-state index contributed by atoms with van der Waals surface area (Å²) in [5.41, 5.74) is 6.91. The molecule has 1 fully saturated rings. The number of likely N-dealkylation sites (tertiary alicyclic amines) is 1. The van der Waals surface area contributed by atoms with Gasteiger partial charge in [0, 0.05) is 43.8 Å². The van der Waals surface area contributed by atoms with Crippen molar-refractivity contribution in [2.45, 2.75) is 32.4 Å². The number of aromatic nitrogens is 2. The highest BCUT2D eigenvalue weighted by molar-refractivity contribution is 5.79. The number of carbonyl (C=O) groups excluding carboxylic acids is 1. The molecule has 0 radical (unpaired) electrons. The molecular weight excluding hydrogens is 256 g/mol. The van der Waals surface area contributed by atoms with Crippen molar-refractivity contribution >= 4 is 5.91 Å². The van der Waals surface area contributed by atoms with Gasteiger partial charge in [0.1, 0.15) is 0 Å². The van der Waals surface area contributed by atoms with E-state index in [1.165, 1.54) is 0 Å². The predicted octanol–water partition coefficient (Wildman–Crippen LogP) is 0.959. The van der Waals surface area contributed by atoms with Crippen molar-refractivity contribution in [2.24, 2.45) is 11.7 Å². The minimum absolute atomic E-state index is 0.0233. The van der Waals surface area contributed by atoms with Crippen molar-refractivity contribution in [1.29, 1.82) is 0 Å². The van der Waals surface area contributed by atoms with Crippen LogP contribution in [-0.4, -0.2) is 47.4 Å². The summed E-state index contributed by atoms with van der Waals surface area (Å²) in [7, 11) is 1.65. The molecule has 1 aromatic rings. The number of hydrogen-bond donors (Lipinski definition) is 1. The predicted molar refractivity (Wildman–Crippen MR) is 76.1 cm³/mol. The summed E-state index contributed by atoms with van der Waals surface area (Å²) in [4.78, 5) is 14.0. The van der Waals surface area contributed by atoms with Gasteiger partial charge in [0.2, 0.25) is 5.91 Å². The van der Waals surface area contributed by atoms with Gasteiger partial charge in [-0.3, -0.25) is 9.48 Å². The van der Waals surface area contributed by atoms with E-state index in [1.54, 1.807) is 7.11 Å². The fourth-order valence-electron chi connectivity index (χ4n) is 2.77.